The third-order valence-corrected chi connectivity index (χ3v) is 8.85. The SMILES string of the molecule is Cc1ccccc1-n1c(C)c2[n+](c1C1CCCC1)C=CC2(c1ccccc1)C1CCCCC1. The van der Waals surface area contributed by atoms with Crippen molar-refractivity contribution in [2.75, 3.05) is 0 Å². The van der Waals surface area contributed by atoms with E-state index in [1.165, 1.54) is 91.8 Å². The van der Waals surface area contributed by atoms with Gasteiger partial charge in [-0.1, -0.05) is 80.6 Å². The molecule has 0 spiro atoms. The fraction of sp³-hybridized carbons (Fsp3) is 0.452. The Morgan fingerprint density at radius 1 is 0.788 bits per heavy atom. The van der Waals surface area contributed by atoms with Crippen molar-refractivity contribution in [3.8, 4) is 5.69 Å². The van der Waals surface area contributed by atoms with E-state index in [-0.39, 0.29) is 5.41 Å². The molecule has 2 saturated carbocycles. The van der Waals surface area contributed by atoms with Crippen LogP contribution in [-0.2, 0) is 5.41 Å². The Hall–Kier alpha value is -2.61. The van der Waals surface area contributed by atoms with E-state index in [2.05, 4.69) is 89.9 Å². The summed E-state index contributed by atoms with van der Waals surface area (Å²) in [5.74, 6) is 2.82. The van der Waals surface area contributed by atoms with Crippen molar-refractivity contribution in [2.24, 2.45) is 5.92 Å². The number of para-hydroxylation sites is 1. The van der Waals surface area contributed by atoms with Crippen molar-refractivity contribution in [1.82, 2.24) is 4.57 Å². The zero-order valence-corrected chi connectivity index (χ0v) is 20.3. The minimum atomic E-state index is -0.0208. The molecule has 170 valence electrons. The van der Waals surface area contributed by atoms with E-state index in [0.29, 0.717) is 11.8 Å². The Kier molecular flexibility index (Phi) is 5.28. The summed E-state index contributed by atoms with van der Waals surface area (Å²) in [6, 6.07) is 20.4. The topological polar surface area (TPSA) is 8.81 Å². The van der Waals surface area contributed by atoms with Crippen LogP contribution in [0.4, 0.5) is 0 Å². The third kappa shape index (κ3) is 3.17. The van der Waals surface area contributed by atoms with E-state index in [0.717, 1.165) is 0 Å². The quantitative estimate of drug-likeness (QED) is 0.376. The highest BCUT2D eigenvalue weighted by Gasteiger charge is 2.52. The molecule has 0 saturated heterocycles. The molecule has 0 N–H and O–H groups in total. The van der Waals surface area contributed by atoms with Crippen molar-refractivity contribution in [3.05, 3.63) is 89.0 Å². The maximum Gasteiger partial charge on any atom is 0.269 e. The van der Waals surface area contributed by atoms with Gasteiger partial charge in [-0.3, -0.25) is 0 Å². The lowest BCUT2D eigenvalue weighted by molar-refractivity contribution is -0.584. The summed E-state index contributed by atoms with van der Waals surface area (Å²) in [4.78, 5) is 0. The number of hydrogen-bond donors (Lipinski definition) is 0. The van der Waals surface area contributed by atoms with Gasteiger partial charge in [0, 0.05) is 6.92 Å². The van der Waals surface area contributed by atoms with Gasteiger partial charge in [0.1, 0.15) is 5.69 Å². The predicted molar refractivity (Wildman–Crippen MR) is 136 cm³/mol. The molecule has 0 bridgehead atoms. The minimum absolute atomic E-state index is 0.0208. The van der Waals surface area contributed by atoms with Crippen LogP contribution in [0.5, 0.6) is 0 Å². The van der Waals surface area contributed by atoms with Gasteiger partial charge in [0.15, 0.2) is 11.4 Å². The van der Waals surface area contributed by atoms with Crippen LogP contribution in [0.15, 0.2) is 60.7 Å². The molecular weight excluding hydrogens is 400 g/mol. The second kappa shape index (κ2) is 8.31. The van der Waals surface area contributed by atoms with Crippen molar-refractivity contribution in [3.63, 3.8) is 0 Å². The van der Waals surface area contributed by atoms with Gasteiger partial charge in [0.2, 0.25) is 0 Å². The number of fused-ring (bicyclic) bond motifs is 1. The Morgan fingerprint density at radius 2 is 1.45 bits per heavy atom. The molecule has 1 unspecified atom stereocenters. The first-order valence-electron chi connectivity index (χ1n) is 13.2. The fourth-order valence-corrected chi connectivity index (χ4v) is 7.35. The van der Waals surface area contributed by atoms with Gasteiger partial charge < -0.3 is 0 Å². The molecule has 3 aliphatic rings. The summed E-state index contributed by atoms with van der Waals surface area (Å²) in [5, 5.41) is 0. The first kappa shape index (κ1) is 21.0. The lowest BCUT2D eigenvalue weighted by Gasteiger charge is -2.37. The summed E-state index contributed by atoms with van der Waals surface area (Å²) < 4.78 is 5.28. The van der Waals surface area contributed by atoms with Gasteiger partial charge in [-0.15, -0.1) is 0 Å². The van der Waals surface area contributed by atoms with Crippen LogP contribution >= 0.6 is 0 Å². The summed E-state index contributed by atoms with van der Waals surface area (Å²) >= 11 is 0. The van der Waals surface area contributed by atoms with E-state index >= 15 is 0 Å². The smallest absolute Gasteiger partial charge is 0.202 e. The third-order valence-electron chi connectivity index (χ3n) is 8.85. The highest BCUT2D eigenvalue weighted by Crippen LogP contribution is 2.50. The molecule has 2 heterocycles. The molecule has 2 fully saturated rings. The molecule has 33 heavy (non-hydrogen) atoms. The number of imidazole rings is 1. The number of benzene rings is 2. The minimum Gasteiger partial charge on any atom is -0.202 e. The van der Waals surface area contributed by atoms with E-state index in [1.807, 2.05) is 0 Å². The summed E-state index contributed by atoms with van der Waals surface area (Å²) in [6.45, 7) is 4.66. The number of hydrogen-bond acceptors (Lipinski definition) is 0. The van der Waals surface area contributed by atoms with Crippen molar-refractivity contribution in [2.45, 2.75) is 83.0 Å². The first-order chi connectivity index (χ1) is 16.2. The van der Waals surface area contributed by atoms with Crippen molar-refractivity contribution >= 4 is 6.20 Å². The van der Waals surface area contributed by atoms with Crippen LogP contribution in [0, 0.1) is 19.8 Å². The highest BCUT2D eigenvalue weighted by atomic mass is 15.2. The molecule has 3 aromatic rings. The van der Waals surface area contributed by atoms with E-state index in [1.54, 1.807) is 0 Å². The Morgan fingerprint density at radius 3 is 2.18 bits per heavy atom. The van der Waals surface area contributed by atoms with Crippen LogP contribution in [0.1, 0.15) is 92.0 Å². The van der Waals surface area contributed by atoms with Crippen LogP contribution < -0.4 is 4.57 Å². The van der Waals surface area contributed by atoms with Crippen LogP contribution in [-0.4, -0.2) is 4.57 Å². The molecule has 0 amide bonds. The Labute approximate surface area is 199 Å². The second-order valence-electron chi connectivity index (χ2n) is 10.7. The van der Waals surface area contributed by atoms with Crippen molar-refractivity contribution < 1.29 is 4.57 Å². The van der Waals surface area contributed by atoms with Crippen LogP contribution in [0.2, 0.25) is 0 Å². The highest BCUT2D eigenvalue weighted by molar-refractivity contribution is 5.53. The lowest BCUT2D eigenvalue weighted by atomic mass is 9.63. The number of aromatic nitrogens is 2. The Bertz CT molecular complexity index is 1170. The summed E-state index contributed by atoms with van der Waals surface area (Å²) in [7, 11) is 0. The van der Waals surface area contributed by atoms with Gasteiger partial charge in [-0.05, 0) is 61.8 Å². The second-order valence-corrected chi connectivity index (χ2v) is 10.7. The molecular formula is C31H37N2+. The van der Waals surface area contributed by atoms with E-state index in [4.69, 9.17) is 0 Å². The van der Waals surface area contributed by atoms with Crippen molar-refractivity contribution in [1.29, 1.82) is 0 Å². The molecule has 1 aromatic heterocycles. The van der Waals surface area contributed by atoms with Gasteiger partial charge >= 0.3 is 0 Å². The molecule has 2 nitrogen and oxygen atoms in total. The normalized spacial score (nSPS) is 23.3. The first-order valence-corrected chi connectivity index (χ1v) is 13.2. The van der Waals surface area contributed by atoms with Gasteiger partial charge in [-0.25, -0.2) is 4.57 Å². The predicted octanol–water partition coefficient (Wildman–Crippen LogP) is 7.39. The molecule has 1 atom stereocenters. The number of nitrogens with zero attached hydrogens (tertiary/aromatic N) is 2. The lowest BCUT2D eigenvalue weighted by Crippen LogP contribution is -2.42. The molecule has 2 aromatic carbocycles. The zero-order valence-electron chi connectivity index (χ0n) is 20.3. The van der Waals surface area contributed by atoms with E-state index < -0.39 is 0 Å². The number of allylic oxidation sites excluding steroid dienone is 1. The average molecular weight is 438 g/mol. The van der Waals surface area contributed by atoms with Crippen LogP contribution in [0.3, 0.4) is 0 Å². The maximum absolute atomic E-state index is 2.64. The molecule has 6 rings (SSSR count). The Balaban J connectivity index is 1.64. The molecule has 2 aliphatic carbocycles. The zero-order chi connectivity index (χ0) is 22.4. The largest absolute Gasteiger partial charge is 0.269 e. The summed E-state index contributed by atoms with van der Waals surface area (Å²) in [5.41, 5.74) is 7.14. The fourth-order valence-electron chi connectivity index (χ4n) is 7.35. The molecule has 2 heteroatoms. The van der Waals surface area contributed by atoms with Gasteiger partial charge in [-0.2, -0.15) is 4.57 Å². The number of aryl methyl sites for hydroxylation is 1. The van der Waals surface area contributed by atoms with Gasteiger partial charge in [0.25, 0.3) is 5.82 Å². The molecule has 1 aliphatic heterocycles. The average Bonchev–Trinajstić information content (AvgIpc) is 3.58. The monoisotopic (exact) mass is 437 g/mol. The maximum atomic E-state index is 2.64. The standard InChI is InChI=1S/C31H37N2/c1-23-13-9-12-20-28(23)33-24(2)29-31(26-16-5-3-6-17-26,27-18-7-4-8-19-27)21-22-32(29)30(33)25-14-10-11-15-25/h3,5-6,9,12-13,16-17,20-22,25,27H,4,7-8,10-11,14-15,18-19H2,1-2H3/q+1. The van der Waals surface area contributed by atoms with Gasteiger partial charge in [0.05, 0.1) is 17.5 Å². The molecule has 0 radical (unpaired) electrons. The summed E-state index contributed by atoms with van der Waals surface area (Å²) in [6.07, 6.45) is 17.1. The van der Waals surface area contributed by atoms with Crippen LogP contribution in [0.25, 0.3) is 11.9 Å². The number of rotatable bonds is 4. The van der Waals surface area contributed by atoms with E-state index in [9.17, 15) is 0 Å².